The van der Waals surface area contributed by atoms with Gasteiger partial charge in [0.15, 0.2) is 3.92 Å². The summed E-state index contributed by atoms with van der Waals surface area (Å²) in [5, 5.41) is 0. The molecule has 2 aromatic rings. The molecule has 22 heavy (non-hydrogen) atoms. The summed E-state index contributed by atoms with van der Waals surface area (Å²) in [7, 11) is 3.95. The second-order valence-electron chi connectivity index (χ2n) is 5.22. The third-order valence-corrected chi connectivity index (χ3v) is 4.96. The van der Waals surface area contributed by atoms with Crippen LogP contribution in [0.5, 0.6) is 5.75 Å². The molecule has 1 amide bonds. The van der Waals surface area contributed by atoms with Gasteiger partial charge >= 0.3 is 0 Å². The van der Waals surface area contributed by atoms with Crippen molar-refractivity contribution in [1.29, 1.82) is 0 Å². The van der Waals surface area contributed by atoms with Crippen LogP contribution in [0.15, 0.2) is 22.1 Å². The Kier molecular flexibility index (Phi) is 4.10. The first kappa shape index (κ1) is 15.3. The van der Waals surface area contributed by atoms with Crippen molar-refractivity contribution < 1.29 is 9.53 Å². The second kappa shape index (κ2) is 5.89. The normalized spacial score (nSPS) is 13.5. The Hall–Kier alpha value is -1.60. The first-order valence-electron chi connectivity index (χ1n) is 6.86. The molecule has 1 aliphatic heterocycles. The van der Waals surface area contributed by atoms with E-state index in [1.54, 1.807) is 4.90 Å². The Bertz CT molecular complexity index is 730. The Balaban J connectivity index is 1.98. The maximum Gasteiger partial charge on any atom is 0.278 e. The second-order valence-corrected chi connectivity index (χ2v) is 7.70. The number of aryl methyl sites for hydroxylation is 1. The number of fused-ring (bicyclic) bond motifs is 1. The van der Waals surface area contributed by atoms with Crippen molar-refractivity contribution in [2.24, 2.45) is 0 Å². The van der Waals surface area contributed by atoms with Crippen LogP contribution < -0.4 is 14.5 Å². The zero-order valence-electron chi connectivity index (χ0n) is 12.6. The fourth-order valence-electron chi connectivity index (χ4n) is 2.39. The average molecular weight is 382 g/mol. The molecule has 0 unspecified atom stereocenters. The van der Waals surface area contributed by atoms with Gasteiger partial charge in [-0.3, -0.25) is 4.79 Å². The number of hydrogen-bond acceptors (Lipinski definition) is 5. The summed E-state index contributed by atoms with van der Waals surface area (Å²) in [5.41, 5.74) is 2.34. The van der Waals surface area contributed by atoms with Crippen LogP contribution in [-0.2, 0) is 0 Å². The highest BCUT2D eigenvalue weighted by molar-refractivity contribution is 9.11. The van der Waals surface area contributed by atoms with E-state index in [2.05, 4.69) is 20.9 Å². The van der Waals surface area contributed by atoms with E-state index < -0.39 is 0 Å². The van der Waals surface area contributed by atoms with Crippen LogP contribution in [0.3, 0.4) is 0 Å². The third-order valence-electron chi connectivity index (χ3n) is 3.54. The molecule has 7 heteroatoms. The van der Waals surface area contributed by atoms with Gasteiger partial charge in [0.25, 0.3) is 5.91 Å². The maximum atomic E-state index is 12.8. The quantitative estimate of drug-likeness (QED) is 0.800. The fraction of sp³-hybridized carbons (Fsp3) is 0.333. The molecule has 0 atom stereocenters. The zero-order chi connectivity index (χ0) is 15.9. The van der Waals surface area contributed by atoms with Crippen LogP contribution in [-0.4, -0.2) is 38.1 Å². The van der Waals surface area contributed by atoms with Crippen LogP contribution in [0.4, 0.5) is 11.4 Å². The molecule has 3 rings (SSSR count). The van der Waals surface area contributed by atoms with Gasteiger partial charge in [-0.1, -0.05) is 0 Å². The van der Waals surface area contributed by atoms with Crippen molar-refractivity contribution in [2.45, 2.75) is 6.92 Å². The molecule has 1 aromatic heterocycles. The highest BCUT2D eigenvalue weighted by atomic mass is 79.9. The number of ether oxygens (including phenoxy) is 1. The molecule has 0 fully saturated rings. The van der Waals surface area contributed by atoms with Gasteiger partial charge in [0, 0.05) is 30.7 Å². The van der Waals surface area contributed by atoms with Crippen LogP contribution in [0.25, 0.3) is 0 Å². The fourth-order valence-corrected chi connectivity index (χ4v) is 3.91. The molecule has 0 spiro atoms. The van der Waals surface area contributed by atoms with Gasteiger partial charge in [0.05, 0.1) is 12.2 Å². The summed E-state index contributed by atoms with van der Waals surface area (Å²) < 4.78 is 6.45. The van der Waals surface area contributed by atoms with E-state index >= 15 is 0 Å². The van der Waals surface area contributed by atoms with E-state index in [1.165, 1.54) is 11.3 Å². The molecular weight excluding hydrogens is 366 g/mol. The summed E-state index contributed by atoms with van der Waals surface area (Å²) in [6.07, 6.45) is 0. The van der Waals surface area contributed by atoms with Gasteiger partial charge < -0.3 is 14.5 Å². The Morgan fingerprint density at radius 2 is 2.23 bits per heavy atom. The molecule has 1 aromatic carbocycles. The van der Waals surface area contributed by atoms with E-state index in [4.69, 9.17) is 4.74 Å². The van der Waals surface area contributed by atoms with Crippen LogP contribution >= 0.6 is 27.3 Å². The maximum absolute atomic E-state index is 12.8. The van der Waals surface area contributed by atoms with Gasteiger partial charge in [0.1, 0.15) is 18.1 Å². The predicted octanol–water partition coefficient (Wildman–Crippen LogP) is 3.32. The topological polar surface area (TPSA) is 45.7 Å². The number of halogens is 1. The molecule has 1 aliphatic rings. The average Bonchev–Trinajstić information content (AvgIpc) is 2.84. The molecule has 0 saturated carbocycles. The zero-order valence-corrected chi connectivity index (χ0v) is 15.0. The minimum Gasteiger partial charge on any atom is -0.489 e. The number of amides is 1. The summed E-state index contributed by atoms with van der Waals surface area (Å²) in [6, 6.07) is 5.87. The number of benzene rings is 1. The lowest BCUT2D eigenvalue weighted by atomic mass is 10.2. The number of carbonyl (C=O) groups excluding carboxylic acids is 1. The first-order valence-corrected chi connectivity index (χ1v) is 8.47. The van der Waals surface area contributed by atoms with Gasteiger partial charge in [0.2, 0.25) is 0 Å². The Morgan fingerprint density at radius 3 is 2.86 bits per heavy atom. The monoisotopic (exact) mass is 381 g/mol. The summed E-state index contributed by atoms with van der Waals surface area (Å²) in [4.78, 5) is 21.8. The molecule has 0 N–H and O–H groups in total. The number of hydrogen-bond donors (Lipinski definition) is 0. The third kappa shape index (κ3) is 2.70. The van der Waals surface area contributed by atoms with Crippen molar-refractivity contribution in [1.82, 2.24) is 4.98 Å². The molecule has 5 nitrogen and oxygen atoms in total. The van der Waals surface area contributed by atoms with Crippen molar-refractivity contribution in [3.05, 3.63) is 32.7 Å². The van der Waals surface area contributed by atoms with E-state index in [1.807, 2.05) is 44.1 Å². The number of nitrogens with zero attached hydrogens (tertiary/aromatic N) is 3. The lowest BCUT2D eigenvalue weighted by Crippen LogP contribution is -2.38. The number of anilines is 2. The smallest absolute Gasteiger partial charge is 0.278 e. The molecule has 2 heterocycles. The first-order chi connectivity index (χ1) is 10.5. The van der Waals surface area contributed by atoms with Crippen molar-refractivity contribution in [3.63, 3.8) is 0 Å². The van der Waals surface area contributed by atoms with Crippen LogP contribution in [0, 0.1) is 6.92 Å². The predicted molar refractivity (Wildman–Crippen MR) is 92.5 cm³/mol. The summed E-state index contributed by atoms with van der Waals surface area (Å²) >= 11 is 4.81. The molecule has 116 valence electrons. The lowest BCUT2D eigenvalue weighted by Gasteiger charge is -2.30. The van der Waals surface area contributed by atoms with E-state index in [0.717, 1.165) is 25.9 Å². The van der Waals surface area contributed by atoms with Gasteiger partial charge in [-0.05, 0) is 35.0 Å². The van der Waals surface area contributed by atoms with Crippen LogP contribution in [0.1, 0.15) is 15.4 Å². The molecule has 0 saturated heterocycles. The van der Waals surface area contributed by atoms with Crippen LogP contribution in [0.2, 0.25) is 0 Å². The Morgan fingerprint density at radius 1 is 1.45 bits per heavy atom. The van der Waals surface area contributed by atoms with E-state index in [-0.39, 0.29) is 5.91 Å². The Labute approximate surface area is 141 Å². The minimum atomic E-state index is -0.0818. The highest BCUT2D eigenvalue weighted by Crippen LogP contribution is 2.36. The van der Waals surface area contributed by atoms with Crippen molar-refractivity contribution in [2.75, 3.05) is 37.0 Å². The molecule has 0 radical (unpaired) electrons. The standard InChI is InChI=1S/C15H16BrN3O2S/c1-9-13(17-15(16)22-9)14(20)19-6-7-21-12-8-10(18(2)3)4-5-11(12)19/h4-5,8H,6-7H2,1-3H3. The van der Waals surface area contributed by atoms with Crippen molar-refractivity contribution in [3.8, 4) is 5.75 Å². The lowest BCUT2D eigenvalue weighted by molar-refractivity contribution is 0.0972. The minimum absolute atomic E-state index is 0.0818. The summed E-state index contributed by atoms with van der Waals surface area (Å²) in [6.45, 7) is 2.92. The number of thiazole rings is 1. The van der Waals surface area contributed by atoms with Gasteiger partial charge in [-0.15, -0.1) is 11.3 Å². The van der Waals surface area contributed by atoms with Gasteiger partial charge in [-0.25, -0.2) is 4.98 Å². The van der Waals surface area contributed by atoms with E-state index in [0.29, 0.717) is 18.8 Å². The molecule has 0 aliphatic carbocycles. The molecular formula is C15H16BrN3O2S. The number of carbonyl (C=O) groups is 1. The highest BCUT2D eigenvalue weighted by Gasteiger charge is 2.28. The SMILES string of the molecule is Cc1sc(Br)nc1C(=O)N1CCOc2cc(N(C)C)ccc21. The summed E-state index contributed by atoms with van der Waals surface area (Å²) in [5.74, 6) is 0.652. The van der Waals surface area contributed by atoms with E-state index in [9.17, 15) is 4.79 Å². The number of aromatic nitrogens is 1. The van der Waals surface area contributed by atoms with Gasteiger partial charge in [-0.2, -0.15) is 0 Å². The molecule has 0 bridgehead atoms. The number of rotatable bonds is 2. The van der Waals surface area contributed by atoms with Crippen molar-refractivity contribution >= 4 is 44.5 Å². The largest absolute Gasteiger partial charge is 0.489 e.